The van der Waals surface area contributed by atoms with Crippen LogP contribution in [0.5, 0.6) is 0 Å². The van der Waals surface area contributed by atoms with Gasteiger partial charge in [0.25, 0.3) is 0 Å². The molecule has 1 fully saturated rings. The Bertz CT molecular complexity index is 456. The lowest BCUT2D eigenvalue weighted by Gasteiger charge is -2.33. The SMILES string of the molecule is COC(=O)N1CCC(N[C@H](C)Cc2ccc(F)cc2)CC1. The van der Waals surface area contributed by atoms with Gasteiger partial charge in [0, 0.05) is 25.2 Å². The Kier molecular flexibility index (Phi) is 5.56. The highest BCUT2D eigenvalue weighted by atomic mass is 19.1. The molecular weight excluding hydrogens is 271 g/mol. The van der Waals surface area contributed by atoms with Crippen LogP contribution < -0.4 is 5.32 Å². The number of benzene rings is 1. The van der Waals surface area contributed by atoms with Gasteiger partial charge in [-0.25, -0.2) is 9.18 Å². The fourth-order valence-electron chi connectivity index (χ4n) is 2.79. The summed E-state index contributed by atoms with van der Waals surface area (Å²) in [6.45, 7) is 3.59. The summed E-state index contributed by atoms with van der Waals surface area (Å²) in [4.78, 5) is 13.2. The third kappa shape index (κ3) is 4.70. The van der Waals surface area contributed by atoms with E-state index >= 15 is 0 Å². The van der Waals surface area contributed by atoms with Gasteiger partial charge in [0.05, 0.1) is 7.11 Å². The number of amides is 1. The van der Waals surface area contributed by atoms with Crippen LogP contribution in [0.25, 0.3) is 0 Å². The van der Waals surface area contributed by atoms with Crippen molar-refractivity contribution in [3.63, 3.8) is 0 Å². The van der Waals surface area contributed by atoms with E-state index in [1.165, 1.54) is 19.2 Å². The molecule has 1 aliphatic heterocycles. The first-order valence-electron chi connectivity index (χ1n) is 7.42. The molecule has 1 N–H and O–H groups in total. The number of rotatable bonds is 4. The highest BCUT2D eigenvalue weighted by Crippen LogP contribution is 2.13. The molecule has 1 amide bonds. The number of hydrogen-bond donors (Lipinski definition) is 1. The lowest BCUT2D eigenvalue weighted by molar-refractivity contribution is 0.109. The van der Waals surface area contributed by atoms with E-state index in [0.29, 0.717) is 12.1 Å². The van der Waals surface area contributed by atoms with Gasteiger partial charge in [0.1, 0.15) is 5.82 Å². The molecule has 0 spiro atoms. The number of nitrogens with zero attached hydrogens (tertiary/aromatic N) is 1. The summed E-state index contributed by atoms with van der Waals surface area (Å²) >= 11 is 0. The molecule has 0 unspecified atom stereocenters. The van der Waals surface area contributed by atoms with Crippen molar-refractivity contribution >= 4 is 6.09 Å². The smallest absolute Gasteiger partial charge is 0.409 e. The Morgan fingerprint density at radius 3 is 2.57 bits per heavy atom. The summed E-state index contributed by atoms with van der Waals surface area (Å²) < 4.78 is 17.6. The molecule has 0 radical (unpaired) electrons. The first kappa shape index (κ1) is 15.8. The number of halogens is 1. The lowest BCUT2D eigenvalue weighted by atomic mass is 10.0. The highest BCUT2D eigenvalue weighted by molar-refractivity contribution is 5.67. The second-order valence-electron chi connectivity index (χ2n) is 5.63. The molecule has 5 heteroatoms. The second kappa shape index (κ2) is 7.41. The van der Waals surface area contributed by atoms with Crippen molar-refractivity contribution in [2.24, 2.45) is 0 Å². The molecule has 0 aliphatic carbocycles. The molecule has 1 heterocycles. The van der Waals surface area contributed by atoms with E-state index in [0.717, 1.165) is 37.9 Å². The van der Waals surface area contributed by atoms with Crippen molar-refractivity contribution in [2.75, 3.05) is 20.2 Å². The Morgan fingerprint density at radius 1 is 1.38 bits per heavy atom. The minimum Gasteiger partial charge on any atom is -0.453 e. The van der Waals surface area contributed by atoms with Crippen LogP contribution in [-0.2, 0) is 11.2 Å². The van der Waals surface area contributed by atoms with Gasteiger partial charge in [0.15, 0.2) is 0 Å². The molecular formula is C16H23FN2O2. The molecule has 4 nitrogen and oxygen atoms in total. The van der Waals surface area contributed by atoms with Gasteiger partial charge < -0.3 is 15.0 Å². The molecule has 116 valence electrons. The minimum atomic E-state index is -0.243. The van der Waals surface area contributed by atoms with E-state index in [9.17, 15) is 9.18 Å². The number of carbonyl (C=O) groups excluding carboxylic acids is 1. The molecule has 1 aromatic rings. The standard InChI is InChI=1S/C16H23FN2O2/c1-12(11-13-3-5-14(17)6-4-13)18-15-7-9-19(10-8-15)16(20)21-2/h3-6,12,15,18H,7-11H2,1-2H3/t12-/m1/s1. The minimum absolute atomic E-state index is 0.199. The Labute approximate surface area is 125 Å². The van der Waals surface area contributed by atoms with E-state index in [-0.39, 0.29) is 11.9 Å². The van der Waals surface area contributed by atoms with Crippen molar-refractivity contribution in [3.05, 3.63) is 35.6 Å². The molecule has 1 aromatic carbocycles. The second-order valence-corrected chi connectivity index (χ2v) is 5.63. The average molecular weight is 294 g/mol. The first-order chi connectivity index (χ1) is 10.1. The van der Waals surface area contributed by atoms with Gasteiger partial charge >= 0.3 is 6.09 Å². The van der Waals surface area contributed by atoms with Crippen molar-refractivity contribution < 1.29 is 13.9 Å². The number of ether oxygens (including phenoxy) is 1. The third-order valence-electron chi connectivity index (χ3n) is 3.90. The van der Waals surface area contributed by atoms with Crippen LogP contribution in [0.3, 0.4) is 0 Å². The summed E-state index contributed by atoms with van der Waals surface area (Å²) in [7, 11) is 1.41. The van der Waals surface area contributed by atoms with Gasteiger partial charge in [-0.15, -0.1) is 0 Å². The zero-order chi connectivity index (χ0) is 15.2. The summed E-state index contributed by atoms with van der Waals surface area (Å²) in [5, 5.41) is 3.59. The maximum atomic E-state index is 12.9. The Balaban J connectivity index is 1.75. The van der Waals surface area contributed by atoms with Crippen molar-refractivity contribution in [2.45, 2.75) is 38.3 Å². The summed E-state index contributed by atoms with van der Waals surface area (Å²) in [5.41, 5.74) is 1.13. The van der Waals surface area contributed by atoms with E-state index in [1.54, 1.807) is 4.90 Å². The predicted molar refractivity (Wildman–Crippen MR) is 79.7 cm³/mol. The number of likely N-dealkylation sites (tertiary alicyclic amines) is 1. The lowest BCUT2D eigenvalue weighted by Crippen LogP contribution is -2.47. The molecule has 0 saturated carbocycles. The monoisotopic (exact) mass is 294 g/mol. The maximum Gasteiger partial charge on any atom is 0.409 e. The van der Waals surface area contributed by atoms with Crippen LogP contribution in [0, 0.1) is 5.82 Å². The molecule has 0 aromatic heterocycles. The molecule has 2 rings (SSSR count). The fraction of sp³-hybridized carbons (Fsp3) is 0.562. The summed E-state index contributed by atoms with van der Waals surface area (Å²) in [6, 6.07) is 7.39. The number of nitrogens with one attached hydrogen (secondary N) is 1. The fourth-order valence-corrected chi connectivity index (χ4v) is 2.79. The normalized spacial score (nSPS) is 17.6. The number of hydrogen-bond acceptors (Lipinski definition) is 3. The molecule has 21 heavy (non-hydrogen) atoms. The molecule has 1 saturated heterocycles. The van der Waals surface area contributed by atoms with Gasteiger partial charge in [-0.05, 0) is 43.9 Å². The number of methoxy groups -OCH3 is 1. The van der Waals surface area contributed by atoms with Gasteiger partial charge in [-0.2, -0.15) is 0 Å². The number of carbonyl (C=O) groups is 1. The van der Waals surface area contributed by atoms with Crippen LogP contribution in [0.15, 0.2) is 24.3 Å². The average Bonchev–Trinajstić information content (AvgIpc) is 2.49. The Morgan fingerprint density at radius 2 is 2.00 bits per heavy atom. The molecule has 1 atom stereocenters. The van der Waals surface area contributed by atoms with Crippen LogP contribution in [-0.4, -0.2) is 43.3 Å². The maximum absolute atomic E-state index is 12.9. The van der Waals surface area contributed by atoms with Crippen LogP contribution in [0.1, 0.15) is 25.3 Å². The van der Waals surface area contributed by atoms with Crippen molar-refractivity contribution in [1.82, 2.24) is 10.2 Å². The van der Waals surface area contributed by atoms with Crippen LogP contribution >= 0.6 is 0 Å². The van der Waals surface area contributed by atoms with Gasteiger partial charge in [-0.3, -0.25) is 0 Å². The zero-order valence-electron chi connectivity index (χ0n) is 12.6. The molecule has 1 aliphatic rings. The largest absolute Gasteiger partial charge is 0.453 e. The van der Waals surface area contributed by atoms with Crippen LogP contribution in [0.2, 0.25) is 0 Å². The van der Waals surface area contributed by atoms with Gasteiger partial charge in [0.2, 0.25) is 0 Å². The number of piperidine rings is 1. The van der Waals surface area contributed by atoms with Crippen molar-refractivity contribution in [1.29, 1.82) is 0 Å². The third-order valence-corrected chi connectivity index (χ3v) is 3.90. The van der Waals surface area contributed by atoms with E-state index < -0.39 is 0 Å². The van der Waals surface area contributed by atoms with E-state index in [1.807, 2.05) is 12.1 Å². The van der Waals surface area contributed by atoms with Crippen LogP contribution in [0.4, 0.5) is 9.18 Å². The van der Waals surface area contributed by atoms with Crippen molar-refractivity contribution in [3.8, 4) is 0 Å². The van der Waals surface area contributed by atoms with E-state index in [4.69, 9.17) is 4.74 Å². The molecule has 0 bridgehead atoms. The predicted octanol–water partition coefficient (Wildman–Crippen LogP) is 2.58. The summed E-state index contributed by atoms with van der Waals surface area (Å²) in [5.74, 6) is -0.199. The van der Waals surface area contributed by atoms with Gasteiger partial charge in [-0.1, -0.05) is 12.1 Å². The van der Waals surface area contributed by atoms with E-state index in [2.05, 4.69) is 12.2 Å². The topological polar surface area (TPSA) is 41.6 Å². The highest BCUT2D eigenvalue weighted by Gasteiger charge is 2.23. The summed E-state index contributed by atoms with van der Waals surface area (Å²) in [6.07, 6.45) is 2.50. The Hall–Kier alpha value is -1.62. The quantitative estimate of drug-likeness (QED) is 0.928. The first-order valence-corrected chi connectivity index (χ1v) is 7.42. The zero-order valence-corrected chi connectivity index (χ0v) is 12.6.